The molecule has 0 bridgehead atoms. The Morgan fingerprint density at radius 2 is 2.04 bits per heavy atom. The number of carbonyl (C=O) groups is 1. The van der Waals surface area contributed by atoms with E-state index in [1.807, 2.05) is 6.08 Å². The highest BCUT2D eigenvalue weighted by Gasteiger charge is 2.68. The molecule has 1 heterocycles. The summed E-state index contributed by atoms with van der Waals surface area (Å²) in [6.07, 6.45) is 10.4. The number of aliphatic hydroxyl groups is 1. The summed E-state index contributed by atoms with van der Waals surface area (Å²) < 4.78 is 6.21. The first-order chi connectivity index (χ1) is 11.5. The van der Waals surface area contributed by atoms with Crippen molar-refractivity contribution in [2.45, 2.75) is 71.0 Å². The Hall–Kier alpha value is -0.670. The SMILES string of the molecule is C[C@]12CCC(=O)C=C1[C@@H]1O[C@@H]1C1C2CC[C@@]2(C)C1CC[C@@H]2CCO. The Labute approximate surface area is 144 Å². The van der Waals surface area contributed by atoms with Gasteiger partial charge >= 0.3 is 0 Å². The number of rotatable bonds is 2. The minimum Gasteiger partial charge on any atom is -0.396 e. The van der Waals surface area contributed by atoms with Crippen LogP contribution in [0, 0.1) is 34.5 Å². The molecular weight excluding hydrogens is 300 g/mol. The molecule has 1 N–H and O–H groups in total. The standard InChI is InChI=1S/C21H30O3/c1-20-9-6-15-17(14(20)4-3-12(20)7-10-22)19-18(24-19)16-11-13(23)5-8-21(15,16)2/h11-12,14-15,17-19,22H,3-10H2,1-2H3/t12-,14?,15?,17?,18+,19-,20-,21-/m1/s1. The third kappa shape index (κ3) is 1.83. The van der Waals surface area contributed by atoms with E-state index in [2.05, 4.69) is 13.8 Å². The normalized spacial score (nSPS) is 55.1. The lowest BCUT2D eigenvalue weighted by molar-refractivity contribution is -0.117. The molecular formula is C21H30O3. The van der Waals surface area contributed by atoms with Gasteiger partial charge in [0.05, 0.1) is 6.10 Å². The van der Waals surface area contributed by atoms with Crippen molar-refractivity contribution >= 4 is 5.78 Å². The summed E-state index contributed by atoms with van der Waals surface area (Å²) in [4.78, 5) is 12.0. The number of carbonyl (C=O) groups excluding carboxylic acids is 1. The number of fused-ring (bicyclic) bond motifs is 8. The van der Waals surface area contributed by atoms with E-state index in [0.717, 1.165) is 25.2 Å². The highest BCUT2D eigenvalue weighted by molar-refractivity contribution is 5.92. The van der Waals surface area contributed by atoms with Crippen molar-refractivity contribution < 1.29 is 14.6 Å². The van der Waals surface area contributed by atoms with Crippen molar-refractivity contribution in [1.82, 2.24) is 0 Å². The van der Waals surface area contributed by atoms with Crippen LogP contribution in [0.3, 0.4) is 0 Å². The van der Waals surface area contributed by atoms with Gasteiger partial charge in [-0.05, 0) is 84.7 Å². The predicted octanol–water partition coefficient (Wildman–Crippen LogP) is 3.50. The lowest BCUT2D eigenvalue weighted by Crippen LogP contribution is -2.53. The molecule has 0 radical (unpaired) electrons. The Kier molecular flexibility index (Phi) is 3.21. The second-order valence-corrected chi connectivity index (χ2v) is 9.63. The molecule has 0 amide bonds. The Morgan fingerprint density at radius 3 is 2.83 bits per heavy atom. The van der Waals surface area contributed by atoms with E-state index in [-0.39, 0.29) is 11.5 Å². The summed E-state index contributed by atoms with van der Waals surface area (Å²) in [5.74, 6) is 3.10. The van der Waals surface area contributed by atoms with Crippen LogP contribution in [0.15, 0.2) is 11.6 Å². The van der Waals surface area contributed by atoms with Gasteiger partial charge in [-0.3, -0.25) is 4.79 Å². The number of ketones is 1. The van der Waals surface area contributed by atoms with Crippen LogP contribution in [0.1, 0.15) is 58.8 Å². The van der Waals surface area contributed by atoms with Crippen LogP contribution in [0.4, 0.5) is 0 Å². The number of hydrogen-bond donors (Lipinski definition) is 1. The number of ether oxygens (including phenoxy) is 1. The lowest BCUT2D eigenvalue weighted by Gasteiger charge is -2.56. The molecule has 5 aliphatic rings. The van der Waals surface area contributed by atoms with Crippen LogP contribution in [0.2, 0.25) is 0 Å². The van der Waals surface area contributed by atoms with Gasteiger partial charge in [-0.25, -0.2) is 0 Å². The van der Waals surface area contributed by atoms with Crippen LogP contribution in [0.25, 0.3) is 0 Å². The van der Waals surface area contributed by atoms with E-state index >= 15 is 0 Å². The average Bonchev–Trinajstić information content (AvgIpc) is 3.27. The molecule has 3 unspecified atom stereocenters. The third-order valence-electron chi connectivity index (χ3n) is 8.90. The van der Waals surface area contributed by atoms with Gasteiger partial charge in [-0.2, -0.15) is 0 Å². The van der Waals surface area contributed by atoms with Crippen LogP contribution in [0.5, 0.6) is 0 Å². The molecule has 1 saturated heterocycles. The molecule has 0 aromatic rings. The first-order valence-corrected chi connectivity index (χ1v) is 10.0. The van der Waals surface area contributed by atoms with E-state index in [4.69, 9.17) is 4.74 Å². The molecule has 0 spiro atoms. The topological polar surface area (TPSA) is 49.8 Å². The molecule has 5 rings (SSSR count). The van der Waals surface area contributed by atoms with Gasteiger partial charge in [0.15, 0.2) is 5.78 Å². The zero-order valence-corrected chi connectivity index (χ0v) is 15.0. The molecule has 1 aliphatic heterocycles. The van der Waals surface area contributed by atoms with E-state index in [1.54, 1.807) is 0 Å². The van der Waals surface area contributed by atoms with E-state index < -0.39 is 0 Å². The summed E-state index contributed by atoms with van der Waals surface area (Å²) in [6, 6.07) is 0. The highest BCUT2D eigenvalue weighted by atomic mass is 16.6. The lowest BCUT2D eigenvalue weighted by atomic mass is 9.47. The smallest absolute Gasteiger partial charge is 0.155 e. The fourth-order valence-electron chi connectivity index (χ4n) is 7.55. The van der Waals surface area contributed by atoms with Crippen molar-refractivity contribution in [1.29, 1.82) is 0 Å². The Bertz CT molecular complexity index is 610. The fourth-order valence-corrected chi connectivity index (χ4v) is 7.55. The maximum Gasteiger partial charge on any atom is 0.155 e. The van der Waals surface area contributed by atoms with Crippen molar-refractivity contribution in [2.75, 3.05) is 6.61 Å². The van der Waals surface area contributed by atoms with Crippen molar-refractivity contribution in [3.63, 3.8) is 0 Å². The van der Waals surface area contributed by atoms with Crippen LogP contribution in [-0.4, -0.2) is 29.7 Å². The summed E-state index contributed by atoms with van der Waals surface area (Å²) >= 11 is 0. The summed E-state index contributed by atoms with van der Waals surface area (Å²) in [7, 11) is 0. The third-order valence-corrected chi connectivity index (χ3v) is 8.90. The maximum absolute atomic E-state index is 12.0. The van der Waals surface area contributed by atoms with E-state index in [1.165, 1.54) is 31.3 Å². The summed E-state index contributed by atoms with van der Waals surface area (Å²) in [5, 5.41) is 9.48. The molecule has 4 fully saturated rings. The number of hydrogen-bond acceptors (Lipinski definition) is 3. The zero-order chi connectivity index (χ0) is 16.7. The molecule has 3 saturated carbocycles. The summed E-state index contributed by atoms with van der Waals surface area (Å²) in [6.45, 7) is 5.25. The van der Waals surface area contributed by atoms with Gasteiger partial charge in [0.1, 0.15) is 6.10 Å². The zero-order valence-electron chi connectivity index (χ0n) is 15.0. The van der Waals surface area contributed by atoms with Gasteiger partial charge < -0.3 is 9.84 Å². The van der Waals surface area contributed by atoms with Crippen molar-refractivity contribution in [2.24, 2.45) is 34.5 Å². The summed E-state index contributed by atoms with van der Waals surface area (Å²) in [5.41, 5.74) is 1.91. The quantitative estimate of drug-likeness (QED) is 0.788. The van der Waals surface area contributed by atoms with Gasteiger partial charge in [0.25, 0.3) is 0 Å². The minimum absolute atomic E-state index is 0.187. The van der Waals surface area contributed by atoms with Crippen LogP contribution >= 0.6 is 0 Å². The van der Waals surface area contributed by atoms with E-state index in [9.17, 15) is 9.90 Å². The van der Waals surface area contributed by atoms with Crippen molar-refractivity contribution in [3.8, 4) is 0 Å². The van der Waals surface area contributed by atoms with Gasteiger partial charge in [-0.15, -0.1) is 0 Å². The highest BCUT2D eigenvalue weighted by Crippen LogP contribution is 2.70. The Balaban J connectivity index is 1.51. The van der Waals surface area contributed by atoms with Gasteiger partial charge in [-0.1, -0.05) is 13.8 Å². The Morgan fingerprint density at radius 1 is 1.21 bits per heavy atom. The van der Waals surface area contributed by atoms with Gasteiger partial charge in [0.2, 0.25) is 0 Å². The molecule has 0 aromatic carbocycles. The largest absolute Gasteiger partial charge is 0.396 e. The number of epoxide rings is 1. The van der Waals surface area contributed by atoms with E-state index in [0.29, 0.717) is 41.7 Å². The molecule has 3 heteroatoms. The molecule has 8 atom stereocenters. The van der Waals surface area contributed by atoms with Crippen LogP contribution in [-0.2, 0) is 9.53 Å². The monoisotopic (exact) mass is 330 g/mol. The molecule has 24 heavy (non-hydrogen) atoms. The van der Waals surface area contributed by atoms with Crippen molar-refractivity contribution in [3.05, 3.63) is 11.6 Å². The van der Waals surface area contributed by atoms with Gasteiger partial charge in [0, 0.05) is 13.0 Å². The van der Waals surface area contributed by atoms with Crippen LogP contribution < -0.4 is 0 Å². The molecule has 4 aliphatic carbocycles. The number of aliphatic hydroxyl groups excluding tert-OH is 1. The minimum atomic E-state index is 0.187. The first-order valence-electron chi connectivity index (χ1n) is 10.0. The second-order valence-electron chi connectivity index (χ2n) is 9.63. The predicted molar refractivity (Wildman–Crippen MR) is 91.3 cm³/mol. The molecule has 132 valence electrons. The first kappa shape index (κ1) is 15.6. The molecule has 3 nitrogen and oxygen atoms in total. The maximum atomic E-state index is 12.0. The average molecular weight is 330 g/mol. The fraction of sp³-hybridized carbons (Fsp3) is 0.857. The second kappa shape index (κ2) is 4.94. The molecule has 0 aromatic heterocycles.